The highest BCUT2D eigenvalue weighted by Gasteiger charge is 2.25. The molecule has 0 saturated heterocycles. The van der Waals surface area contributed by atoms with Crippen molar-refractivity contribution in [1.29, 1.82) is 0 Å². The SMILES string of the molecule is [C-]#[N+]c1cccc(-n2nc(C)cc2C(=O)Nc2cccc(C(NCC3CC3)c3ccccc3OCc3ccccc3)c2)c1. The first-order valence-electron chi connectivity index (χ1n) is 14.5. The summed E-state index contributed by atoms with van der Waals surface area (Å²) >= 11 is 0. The van der Waals surface area contributed by atoms with E-state index in [-0.39, 0.29) is 11.9 Å². The Hall–Kier alpha value is -5.19. The van der Waals surface area contributed by atoms with Gasteiger partial charge in [-0.05, 0) is 79.8 Å². The zero-order chi connectivity index (χ0) is 29.6. The van der Waals surface area contributed by atoms with Crippen molar-refractivity contribution >= 4 is 17.3 Å². The maximum absolute atomic E-state index is 13.6. The Kier molecular flexibility index (Phi) is 8.30. The van der Waals surface area contributed by atoms with Gasteiger partial charge in [0.15, 0.2) is 5.69 Å². The predicted octanol–water partition coefficient (Wildman–Crippen LogP) is 7.65. The van der Waals surface area contributed by atoms with E-state index in [1.54, 1.807) is 28.9 Å². The van der Waals surface area contributed by atoms with E-state index in [0.717, 1.165) is 29.0 Å². The van der Waals surface area contributed by atoms with Crippen LogP contribution in [0.1, 0.15) is 51.8 Å². The molecular weight excluding hydrogens is 534 g/mol. The zero-order valence-corrected chi connectivity index (χ0v) is 24.0. The van der Waals surface area contributed by atoms with E-state index < -0.39 is 0 Å². The highest BCUT2D eigenvalue weighted by molar-refractivity contribution is 6.03. The highest BCUT2D eigenvalue weighted by atomic mass is 16.5. The van der Waals surface area contributed by atoms with Gasteiger partial charge in [-0.3, -0.25) is 4.79 Å². The van der Waals surface area contributed by atoms with Crippen LogP contribution in [0.2, 0.25) is 0 Å². The van der Waals surface area contributed by atoms with Gasteiger partial charge in [0.05, 0.1) is 24.0 Å². The largest absolute Gasteiger partial charge is 0.489 e. The molecule has 7 heteroatoms. The minimum atomic E-state index is -0.278. The first-order chi connectivity index (χ1) is 21.1. The first-order valence-corrected chi connectivity index (χ1v) is 14.5. The number of hydrogen-bond acceptors (Lipinski definition) is 4. The number of para-hydroxylation sites is 1. The molecule has 1 aliphatic rings. The van der Waals surface area contributed by atoms with Gasteiger partial charge in [-0.2, -0.15) is 5.10 Å². The van der Waals surface area contributed by atoms with E-state index in [1.807, 2.05) is 67.6 Å². The Labute approximate surface area is 252 Å². The molecule has 1 aromatic heterocycles. The molecule has 1 atom stereocenters. The summed E-state index contributed by atoms with van der Waals surface area (Å²) in [5.74, 6) is 1.24. The van der Waals surface area contributed by atoms with Gasteiger partial charge < -0.3 is 15.4 Å². The molecule has 214 valence electrons. The number of rotatable bonds is 11. The quantitative estimate of drug-likeness (QED) is 0.161. The number of aryl methyl sites for hydroxylation is 1. The van der Waals surface area contributed by atoms with Crippen LogP contribution in [0.4, 0.5) is 11.4 Å². The van der Waals surface area contributed by atoms with Crippen molar-refractivity contribution in [3.8, 4) is 11.4 Å². The fourth-order valence-electron chi connectivity index (χ4n) is 5.14. The summed E-state index contributed by atoms with van der Waals surface area (Å²) in [4.78, 5) is 17.1. The minimum Gasteiger partial charge on any atom is -0.489 e. The third-order valence-electron chi connectivity index (χ3n) is 7.52. The van der Waals surface area contributed by atoms with Crippen LogP contribution in [0, 0.1) is 19.4 Å². The molecule has 0 bridgehead atoms. The Morgan fingerprint density at radius 1 is 0.977 bits per heavy atom. The van der Waals surface area contributed by atoms with Crippen molar-refractivity contribution in [2.75, 3.05) is 11.9 Å². The molecule has 0 aliphatic heterocycles. The van der Waals surface area contributed by atoms with E-state index in [4.69, 9.17) is 11.3 Å². The summed E-state index contributed by atoms with van der Waals surface area (Å²) in [6.45, 7) is 10.6. The van der Waals surface area contributed by atoms with Crippen LogP contribution in [-0.4, -0.2) is 22.2 Å². The lowest BCUT2D eigenvalue weighted by Crippen LogP contribution is -2.25. The van der Waals surface area contributed by atoms with Crippen LogP contribution >= 0.6 is 0 Å². The summed E-state index contributed by atoms with van der Waals surface area (Å²) in [7, 11) is 0. The number of ether oxygens (including phenoxy) is 1. The molecule has 1 amide bonds. The minimum absolute atomic E-state index is 0.117. The van der Waals surface area contributed by atoms with Gasteiger partial charge in [-0.1, -0.05) is 72.8 Å². The Bertz CT molecular complexity index is 1770. The molecule has 2 N–H and O–H groups in total. The van der Waals surface area contributed by atoms with Crippen molar-refractivity contribution in [2.45, 2.75) is 32.4 Å². The van der Waals surface area contributed by atoms with Crippen LogP contribution in [-0.2, 0) is 6.61 Å². The third-order valence-corrected chi connectivity index (χ3v) is 7.52. The van der Waals surface area contributed by atoms with Crippen LogP contribution in [0.25, 0.3) is 10.5 Å². The second-order valence-electron chi connectivity index (χ2n) is 10.9. The lowest BCUT2D eigenvalue weighted by molar-refractivity contribution is 0.101. The lowest BCUT2D eigenvalue weighted by Gasteiger charge is -2.23. The summed E-state index contributed by atoms with van der Waals surface area (Å²) in [5, 5.41) is 11.4. The Balaban J connectivity index is 1.27. The van der Waals surface area contributed by atoms with E-state index in [2.05, 4.69) is 44.8 Å². The first kappa shape index (κ1) is 28.0. The number of hydrogen-bond donors (Lipinski definition) is 2. The summed E-state index contributed by atoms with van der Waals surface area (Å²) < 4.78 is 7.92. The van der Waals surface area contributed by atoms with E-state index in [0.29, 0.717) is 41.0 Å². The Morgan fingerprint density at radius 3 is 2.58 bits per heavy atom. The van der Waals surface area contributed by atoms with Crippen LogP contribution in [0.3, 0.4) is 0 Å². The molecule has 7 nitrogen and oxygen atoms in total. The van der Waals surface area contributed by atoms with E-state index >= 15 is 0 Å². The van der Waals surface area contributed by atoms with E-state index in [1.165, 1.54) is 12.8 Å². The lowest BCUT2D eigenvalue weighted by atomic mass is 9.97. The summed E-state index contributed by atoms with van der Waals surface area (Å²) in [6, 6.07) is 35.0. The Morgan fingerprint density at radius 2 is 1.77 bits per heavy atom. The fourth-order valence-corrected chi connectivity index (χ4v) is 5.14. The van der Waals surface area contributed by atoms with Gasteiger partial charge in [0.25, 0.3) is 5.91 Å². The van der Waals surface area contributed by atoms with Crippen LogP contribution in [0.5, 0.6) is 5.75 Å². The van der Waals surface area contributed by atoms with Gasteiger partial charge in [-0.15, -0.1) is 0 Å². The molecule has 1 unspecified atom stereocenters. The van der Waals surface area contributed by atoms with Crippen LogP contribution in [0.15, 0.2) is 109 Å². The highest BCUT2D eigenvalue weighted by Crippen LogP contribution is 2.34. The zero-order valence-electron chi connectivity index (χ0n) is 24.0. The third kappa shape index (κ3) is 6.83. The average molecular weight is 568 g/mol. The maximum atomic E-state index is 13.6. The molecule has 1 fully saturated rings. The second-order valence-corrected chi connectivity index (χ2v) is 10.9. The number of carbonyl (C=O) groups is 1. The van der Waals surface area contributed by atoms with Crippen molar-refractivity contribution < 1.29 is 9.53 Å². The smallest absolute Gasteiger partial charge is 0.274 e. The van der Waals surface area contributed by atoms with Gasteiger partial charge in [0, 0.05) is 11.3 Å². The number of benzene rings is 4. The van der Waals surface area contributed by atoms with Crippen LogP contribution < -0.4 is 15.4 Å². The summed E-state index contributed by atoms with van der Waals surface area (Å²) in [6.07, 6.45) is 2.49. The predicted molar refractivity (Wildman–Crippen MR) is 169 cm³/mol. The monoisotopic (exact) mass is 567 g/mol. The molecule has 43 heavy (non-hydrogen) atoms. The average Bonchev–Trinajstić information content (AvgIpc) is 3.79. The van der Waals surface area contributed by atoms with Crippen molar-refractivity contribution in [3.63, 3.8) is 0 Å². The molecular formula is C36H33N5O2. The van der Waals surface area contributed by atoms with Gasteiger partial charge >= 0.3 is 0 Å². The number of nitrogens with one attached hydrogen (secondary N) is 2. The number of nitrogens with zero attached hydrogens (tertiary/aromatic N) is 3. The topological polar surface area (TPSA) is 72.5 Å². The molecule has 1 heterocycles. The van der Waals surface area contributed by atoms with Gasteiger partial charge in [-0.25, -0.2) is 9.53 Å². The molecule has 4 aromatic carbocycles. The number of amides is 1. The fraction of sp³-hybridized carbons (Fsp3) is 0.194. The number of carbonyl (C=O) groups excluding carboxylic acids is 1. The van der Waals surface area contributed by atoms with Crippen molar-refractivity contribution in [3.05, 3.63) is 149 Å². The van der Waals surface area contributed by atoms with Crippen molar-refractivity contribution in [1.82, 2.24) is 15.1 Å². The number of aromatic nitrogens is 2. The molecule has 1 aliphatic carbocycles. The standard InChI is InChI=1S/C36H33N5O2/c1-25-20-33(41(40-25)31-15-9-13-29(22-31)37-2)36(42)39-30-14-8-12-28(21-30)35(38-23-26-18-19-26)32-16-6-7-17-34(32)43-24-27-10-4-3-5-11-27/h3-17,20-22,26,35,38H,18-19,23-24H2,1H3,(H,39,42). The molecule has 1 saturated carbocycles. The number of anilines is 1. The summed E-state index contributed by atoms with van der Waals surface area (Å²) in [5.41, 5.74) is 6.14. The maximum Gasteiger partial charge on any atom is 0.274 e. The van der Waals surface area contributed by atoms with Gasteiger partial charge in [0.2, 0.25) is 0 Å². The second kappa shape index (κ2) is 12.8. The molecule has 5 aromatic rings. The normalized spacial score (nSPS) is 13.2. The molecule has 0 radical (unpaired) electrons. The molecule has 6 rings (SSSR count). The van der Waals surface area contributed by atoms with E-state index in [9.17, 15) is 4.79 Å². The van der Waals surface area contributed by atoms with Gasteiger partial charge in [0.1, 0.15) is 18.1 Å². The molecule has 0 spiro atoms. The van der Waals surface area contributed by atoms with Crippen molar-refractivity contribution in [2.24, 2.45) is 5.92 Å².